The van der Waals surface area contributed by atoms with E-state index in [1.807, 2.05) is 6.07 Å². The predicted molar refractivity (Wildman–Crippen MR) is 65.8 cm³/mol. The zero-order chi connectivity index (χ0) is 13.0. The molecule has 0 unspecified atom stereocenters. The smallest absolute Gasteiger partial charge is 0.282 e. The van der Waals surface area contributed by atoms with Crippen molar-refractivity contribution in [3.63, 3.8) is 0 Å². The normalized spacial score (nSPS) is 22.0. The number of rotatable bonds is 6. The van der Waals surface area contributed by atoms with E-state index in [1.54, 1.807) is 0 Å². The fourth-order valence-electron chi connectivity index (χ4n) is 2.00. The third kappa shape index (κ3) is 3.42. The summed E-state index contributed by atoms with van der Waals surface area (Å²) in [6.45, 7) is 2.59. The standard InChI is InChI=1S/C11H19N3O3S/c12-4-1-5-14(10-11-2-3-11)18(15,16)13-6-8-17-9-7-13/h11H,1-3,5-10H2. The highest BCUT2D eigenvalue weighted by Gasteiger charge is 2.34. The van der Waals surface area contributed by atoms with Gasteiger partial charge in [-0.2, -0.15) is 22.3 Å². The van der Waals surface area contributed by atoms with Crippen molar-refractivity contribution in [1.82, 2.24) is 8.61 Å². The molecule has 2 rings (SSSR count). The van der Waals surface area contributed by atoms with Crippen LogP contribution in [0.1, 0.15) is 19.3 Å². The molecule has 2 fully saturated rings. The lowest BCUT2D eigenvalue weighted by molar-refractivity contribution is 0.0701. The highest BCUT2D eigenvalue weighted by Crippen LogP contribution is 2.31. The van der Waals surface area contributed by atoms with Crippen molar-refractivity contribution in [3.8, 4) is 6.07 Å². The maximum absolute atomic E-state index is 12.4. The van der Waals surface area contributed by atoms with Crippen LogP contribution in [0.5, 0.6) is 0 Å². The lowest BCUT2D eigenvalue weighted by atomic mass is 10.4. The van der Waals surface area contributed by atoms with Gasteiger partial charge in [-0.25, -0.2) is 0 Å². The third-order valence-corrected chi connectivity index (χ3v) is 5.26. The lowest BCUT2D eigenvalue weighted by Gasteiger charge is -2.31. The Morgan fingerprint density at radius 3 is 2.56 bits per heavy atom. The van der Waals surface area contributed by atoms with Crippen LogP contribution in [0.3, 0.4) is 0 Å². The molecule has 0 atom stereocenters. The number of nitriles is 1. The molecule has 2 aliphatic rings. The summed E-state index contributed by atoms with van der Waals surface area (Å²) >= 11 is 0. The second kappa shape index (κ2) is 5.97. The molecule has 18 heavy (non-hydrogen) atoms. The molecule has 0 aromatic rings. The molecule has 0 aromatic heterocycles. The molecule has 6 nitrogen and oxygen atoms in total. The van der Waals surface area contributed by atoms with Crippen LogP contribution in [0.25, 0.3) is 0 Å². The van der Waals surface area contributed by atoms with E-state index in [9.17, 15) is 8.42 Å². The first-order chi connectivity index (χ1) is 8.64. The van der Waals surface area contributed by atoms with E-state index in [-0.39, 0.29) is 6.42 Å². The van der Waals surface area contributed by atoms with Crippen molar-refractivity contribution in [1.29, 1.82) is 5.26 Å². The Bertz CT molecular complexity index is 408. The topological polar surface area (TPSA) is 73.6 Å². The van der Waals surface area contributed by atoms with Gasteiger partial charge in [-0.3, -0.25) is 0 Å². The number of hydrogen-bond donors (Lipinski definition) is 0. The maximum atomic E-state index is 12.4. The highest BCUT2D eigenvalue weighted by atomic mass is 32.2. The van der Waals surface area contributed by atoms with E-state index in [4.69, 9.17) is 10.00 Å². The zero-order valence-corrected chi connectivity index (χ0v) is 11.2. The number of morpholine rings is 1. The summed E-state index contributed by atoms with van der Waals surface area (Å²) < 4.78 is 33.0. The second-order valence-electron chi connectivity index (χ2n) is 4.73. The Balaban J connectivity index is 2.03. The molecule has 0 N–H and O–H groups in total. The quantitative estimate of drug-likeness (QED) is 0.692. The van der Waals surface area contributed by atoms with E-state index in [2.05, 4.69) is 0 Å². The fourth-order valence-corrected chi connectivity index (χ4v) is 3.66. The summed E-state index contributed by atoms with van der Waals surface area (Å²) in [5, 5.41) is 8.64. The Labute approximate surface area is 108 Å². The van der Waals surface area contributed by atoms with Crippen LogP contribution in [0, 0.1) is 17.2 Å². The minimum Gasteiger partial charge on any atom is -0.379 e. The predicted octanol–water partition coefficient (Wildman–Crippen LogP) is 0.189. The van der Waals surface area contributed by atoms with Crippen LogP contribution < -0.4 is 0 Å². The summed E-state index contributed by atoms with van der Waals surface area (Å²) in [6, 6.07) is 2.02. The first-order valence-corrected chi connectivity index (χ1v) is 7.74. The van der Waals surface area contributed by atoms with Crippen molar-refractivity contribution < 1.29 is 13.2 Å². The summed E-state index contributed by atoms with van der Waals surface area (Å²) in [5.41, 5.74) is 0. The lowest BCUT2D eigenvalue weighted by Crippen LogP contribution is -2.49. The Morgan fingerprint density at radius 2 is 2.00 bits per heavy atom. The van der Waals surface area contributed by atoms with Crippen LogP contribution in [0.2, 0.25) is 0 Å². The zero-order valence-electron chi connectivity index (χ0n) is 10.4. The monoisotopic (exact) mass is 273 g/mol. The number of ether oxygens (including phenoxy) is 1. The van der Waals surface area contributed by atoms with Gasteiger partial charge in [-0.15, -0.1) is 0 Å². The summed E-state index contributed by atoms with van der Waals surface area (Å²) in [7, 11) is -3.42. The second-order valence-corrected chi connectivity index (χ2v) is 6.66. The Hall–Kier alpha value is -0.680. The molecule has 1 heterocycles. The Kier molecular flexibility index (Phi) is 4.56. The van der Waals surface area contributed by atoms with Crippen LogP contribution in [0.4, 0.5) is 0 Å². The first-order valence-electron chi connectivity index (χ1n) is 6.34. The van der Waals surface area contributed by atoms with Crippen LogP contribution in [-0.2, 0) is 14.9 Å². The van der Waals surface area contributed by atoms with Gasteiger partial charge in [0.2, 0.25) is 0 Å². The average Bonchev–Trinajstić information content (AvgIpc) is 3.19. The molecule has 1 aliphatic heterocycles. The maximum Gasteiger partial charge on any atom is 0.282 e. The molecule has 0 bridgehead atoms. The van der Waals surface area contributed by atoms with Gasteiger partial charge < -0.3 is 4.74 Å². The van der Waals surface area contributed by atoms with Gasteiger partial charge in [0.15, 0.2) is 0 Å². The van der Waals surface area contributed by atoms with E-state index in [0.717, 1.165) is 12.8 Å². The molecule has 0 radical (unpaired) electrons. The van der Waals surface area contributed by atoms with Crippen LogP contribution >= 0.6 is 0 Å². The molecule has 0 aromatic carbocycles. The highest BCUT2D eigenvalue weighted by molar-refractivity contribution is 7.86. The van der Waals surface area contributed by atoms with Crippen LogP contribution in [0.15, 0.2) is 0 Å². The molecule has 7 heteroatoms. The molecule has 0 amide bonds. The molecule has 0 spiro atoms. The fraction of sp³-hybridized carbons (Fsp3) is 0.909. The summed E-state index contributed by atoms with van der Waals surface area (Å²) in [4.78, 5) is 0. The van der Waals surface area contributed by atoms with Gasteiger partial charge in [-0.05, 0) is 18.8 Å². The van der Waals surface area contributed by atoms with Gasteiger partial charge in [0.1, 0.15) is 0 Å². The number of hydrogen-bond acceptors (Lipinski definition) is 4. The minimum atomic E-state index is -3.42. The van der Waals surface area contributed by atoms with E-state index in [0.29, 0.717) is 45.3 Å². The summed E-state index contributed by atoms with van der Waals surface area (Å²) in [6.07, 6.45) is 2.44. The average molecular weight is 273 g/mol. The Morgan fingerprint density at radius 1 is 1.33 bits per heavy atom. The summed E-state index contributed by atoms with van der Waals surface area (Å²) in [5.74, 6) is 0.486. The first kappa shape index (κ1) is 13.7. The van der Waals surface area contributed by atoms with E-state index >= 15 is 0 Å². The SMILES string of the molecule is N#CCCN(CC1CC1)S(=O)(=O)N1CCOCC1. The van der Waals surface area contributed by atoms with Gasteiger partial charge >= 0.3 is 0 Å². The van der Waals surface area contributed by atoms with E-state index in [1.165, 1.54) is 8.61 Å². The van der Waals surface area contributed by atoms with E-state index < -0.39 is 10.2 Å². The van der Waals surface area contributed by atoms with Crippen molar-refractivity contribution in [2.45, 2.75) is 19.3 Å². The van der Waals surface area contributed by atoms with Crippen molar-refractivity contribution in [2.75, 3.05) is 39.4 Å². The molecule has 1 aliphatic carbocycles. The molecule has 102 valence electrons. The van der Waals surface area contributed by atoms with Crippen molar-refractivity contribution in [3.05, 3.63) is 0 Å². The molecular formula is C11H19N3O3S. The van der Waals surface area contributed by atoms with Gasteiger partial charge in [-0.1, -0.05) is 0 Å². The van der Waals surface area contributed by atoms with Gasteiger partial charge in [0, 0.05) is 32.6 Å². The number of nitrogens with zero attached hydrogens (tertiary/aromatic N) is 3. The van der Waals surface area contributed by atoms with Gasteiger partial charge in [0.05, 0.1) is 19.3 Å². The van der Waals surface area contributed by atoms with Gasteiger partial charge in [0.25, 0.3) is 10.2 Å². The molecule has 1 saturated carbocycles. The van der Waals surface area contributed by atoms with Crippen LogP contribution in [-0.4, -0.2) is 56.4 Å². The largest absolute Gasteiger partial charge is 0.379 e. The van der Waals surface area contributed by atoms with Crippen molar-refractivity contribution in [2.24, 2.45) is 5.92 Å². The minimum absolute atomic E-state index is 0.246. The third-order valence-electron chi connectivity index (χ3n) is 3.25. The molecular weight excluding hydrogens is 254 g/mol. The molecule has 1 saturated heterocycles. The van der Waals surface area contributed by atoms with Crippen molar-refractivity contribution >= 4 is 10.2 Å².